The van der Waals surface area contributed by atoms with E-state index in [-0.39, 0.29) is 6.10 Å². The van der Waals surface area contributed by atoms with Crippen LogP contribution in [0.1, 0.15) is 12.1 Å². The molecule has 2 aromatic rings. The Kier molecular flexibility index (Phi) is 4.30. The molecule has 1 atom stereocenters. The van der Waals surface area contributed by atoms with Crippen molar-refractivity contribution >= 4 is 5.65 Å². The molecule has 20 heavy (non-hydrogen) atoms. The lowest BCUT2D eigenvalue weighted by Gasteiger charge is -2.25. The fraction of sp³-hybridized carbons (Fsp3) is 0.533. The van der Waals surface area contributed by atoms with Gasteiger partial charge in [0.2, 0.25) is 0 Å². The molecule has 1 saturated heterocycles. The summed E-state index contributed by atoms with van der Waals surface area (Å²) in [5, 5.41) is 0. The van der Waals surface area contributed by atoms with Gasteiger partial charge in [0.1, 0.15) is 5.65 Å². The fourth-order valence-corrected chi connectivity index (χ4v) is 2.53. The third kappa shape index (κ3) is 3.17. The monoisotopic (exact) mass is 275 g/mol. The van der Waals surface area contributed by atoms with Crippen LogP contribution in [0.2, 0.25) is 0 Å². The number of hydrogen-bond acceptors (Lipinski definition) is 4. The second kappa shape index (κ2) is 6.35. The Balaban J connectivity index is 1.54. The molecule has 108 valence electrons. The minimum Gasteiger partial charge on any atom is -0.376 e. The van der Waals surface area contributed by atoms with Crippen LogP contribution in [0.4, 0.5) is 0 Å². The van der Waals surface area contributed by atoms with E-state index in [4.69, 9.17) is 9.47 Å². The van der Waals surface area contributed by atoms with Gasteiger partial charge < -0.3 is 18.8 Å². The molecular weight excluding hydrogens is 254 g/mol. The van der Waals surface area contributed by atoms with Gasteiger partial charge in [-0.15, -0.1) is 0 Å². The first-order valence-corrected chi connectivity index (χ1v) is 7.12. The van der Waals surface area contributed by atoms with Crippen molar-refractivity contribution in [3.8, 4) is 0 Å². The van der Waals surface area contributed by atoms with E-state index < -0.39 is 0 Å². The number of fused-ring (bicyclic) bond motifs is 1. The van der Waals surface area contributed by atoms with Crippen LogP contribution in [0.5, 0.6) is 0 Å². The smallest absolute Gasteiger partial charge is 0.136 e. The highest BCUT2D eigenvalue weighted by Gasteiger charge is 2.15. The van der Waals surface area contributed by atoms with Gasteiger partial charge in [-0.2, -0.15) is 0 Å². The maximum absolute atomic E-state index is 5.66. The van der Waals surface area contributed by atoms with Gasteiger partial charge in [0.15, 0.2) is 0 Å². The summed E-state index contributed by atoms with van der Waals surface area (Å²) in [5.41, 5.74) is 2.21. The van der Waals surface area contributed by atoms with Crippen LogP contribution in [0.25, 0.3) is 5.65 Å². The van der Waals surface area contributed by atoms with E-state index in [1.807, 2.05) is 24.4 Å². The van der Waals surface area contributed by atoms with Crippen LogP contribution in [0.15, 0.2) is 30.6 Å². The molecule has 0 bridgehead atoms. The fourth-order valence-electron chi connectivity index (χ4n) is 2.53. The first-order valence-electron chi connectivity index (χ1n) is 7.12. The molecule has 5 nitrogen and oxygen atoms in total. The summed E-state index contributed by atoms with van der Waals surface area (Å²) in [6, 6.07) is 6.07. The molecule has 1 unspecified atom stereocenters. The average Bonchev–Trinajstić information content (AvgIpc) is 2.90. The third-order valence-electron chi connectivity index (χ3n) is 3.64. The maximum atomic E-state index is 5.66. The molecule has 0 aromatic carbocycles. The van der Waals surface area contributed by atoms with Crippen molar-refractivity contribution in [2.45, 2.75) is 19.1 Å². The predicted molar refractivity (Wildman–Crippen MR) is 76.7 cm³/mol. The molecule has 0 amide bonds. The lowest BCUT2D eigenvalue weighted by atomic mass is 10.2. The SMILES string of the molecule is CN(CCC1COCCO1)Cc1cnc2ccccn12. The highest BCUT2D eigenvalue weighted by Crippen LogP contribution is 2.10. The summed E-state index contributed by atoms with van der Waals surface area (Å²) in [4.78, 5) is 6.71. The molecule has 0 saturated carbocycles. The summed E-state index contributed by atoms with van der Waals surface area (Å²) in [6.45, 7) is 4.06. The van der Waals surface area contributed by atoms with Crippen LogP contribution in [0.3, 0.4) is 0 Å². The third-order valence-corrected chi connectivity index (χ3v) is 3.64. The molecule has 0 spiro atoms. The largest absolute Gasteiger partial charge is 0.376 e. The van der Waals surface area contributed by atoms with Crippen molar-refractivity contribution in [3.63, 3.8) is 0 Å². The van der Waals surface area contributed by atoms with E-state index in [0.29, 0.717) is 0 Å². The molecule has 5 heteroatoms. The Bertz CT molecular complexity index is 549. The number of aromatic nitrogens is 2. The van der Waals surface area contributed by atoms with Crippen molar-refractivity contribution in [3.05, 3.63) is 36.3 Å². The maximum Gasteiger partial charge on any atom is 0.136 e. The van der Waals surface area contributed by atoms with Crippen molar-refractivity contribution in [1.29, 1.82) is 0 Å². The molecule has 1 fully saturated rings. The second-order valence-electron chi connectivity index (χ2n) is 5.27. The lowest BCUT2D eigenvalue weighted by molar-refractivity contribution is -0.0924. The summed E-state index contributed by atoms with van der Waals surface area (Å²) in [6.07, 6.45) is 5.26. The number of imidazole rings is 1. The van der Waals surface area contributed by atoms with E-state index in [2.05, 4.69) is 27.5 Å². The van der Waals surface area contributed by atoms with Crippen molar-refractivity contribution < 1.29 is 9.47 Å². The van der Waals surface area contributed by atoms with Crippen LogP contribution in [-0.4, -0.2) is 53.8 Å². The van der Waals surface area contributed by atoms with Crippen LogP contribution in [-0.2, 0) is 16.0 Å². The number of pyridine rings is 1. The number of hydrogen-bond donors (Lipinski definition) is 0. The molecular formula is C15H21N3O2. The van der Waals surface area contributed by atoms with E-state index in [9.17, 15) is 0 Å². The zero-order valence-corrected chi connectivity index (χ0v) is 11.9. The van der Waals surface area contributed by atoms with E-state index in [0.717, 1.165) is 45.0 Å². The van der Waals surface area contributed by atoms with Gasteiger partial charge >= 0.3 is 0 Å². The van der Waals surface area contributed by atoms with Crippen LogP contribution < -0.4 is 0 Å². The van der Waals surface area contributed by atoms with Gasteiger partial charge in [0, 0.05) is 19.3 Å². The van der Waals surface area contributed by atoms with Crippen molar-refractivity contribution in [2.75, 3.05) is 33.4 Å². The molecule has 2 aromatic heterocycles. The Labute approximate surface area is 119 Å². The Hall–Kier alpha value is -1.43. The molecule has 1 aliphatic heterocycles. The second-order valence-corrected chi connectivity index (χ2v) is 5.27. The van der Waals surface area contributed by atoms with Crippen LogP contribution in [0, 0.1) is 0 Å². The van der Waals surface area contributed by atoms with Crippen molar-refractivity contribution in [1.82, 2.24) is 14.3 Å². The van der Waals surface area contributed by atoms with E-state index in [1.54, 1.807) is 0 Å². The molecule has 3 rings (SSSR count). The number of ether oxygens (including phenoxy) is 2. The average molecular weight is 275 g/mol. The summed E-state index contributed by atoms with van der Waals surface area (Å²) < 4.78 is 13.2. The summed E-state index contributed by atoms with van der Waals surface area (Å²) in [5.74, 6) is 0. The Morgan fingerprint density at radius 1 is 1.40 bits per heavy atom. The van der Waals surface area contributed by atoms with Crippen molar-refractivity contribution in [2.24, 2.45) is 0 Å². The first kappa shape index (κ1) is 13.5. The predicted octanol–water partition coefficient (Wildman–Crippen LogP) is 1.57. The molecule has 1 aliphatic rings. The standard InChI is InChI=1S/C15H21N3O2/c1-17(7-5-14-12-19-8-9-20-14)11-13-10-16-15-4-2-3-6-18(13)15/h2-4,6,10,14H,5,7-9,11-12H2,1H3. The highest BCUT2D eigenvalue weighted by atomic mass is 16.6. The van der Waals surface area contributed by atoms with Gasteiger partial charge in [-0.25, -0.2) is 4.98 Å². The molecule has 0 N–H and O–H groups in total. The number of rotatable bonds is 5. The Morgan fingerprint density at radius 2 is 2.35 bits per heavy atom. The quantitative estimate of drug-likeness (QED) is 0.830. The summed E-state index contributed by atoms with van der Waals surface area (Å²) >= 11 is 0. The van der Waals surface area contributed by atoms with Gasteiger partial charge in [-0.3, -0.25) is 0 Å². The zero-order chi connectivity index (χ0) is 13.8. The van der Waals surface area contributed by atoms with E-state index >= 15 is 0 Å². The highest BCUT2D eigenvalue weighted by molar-refractivity contribution is 5.39. The van der Waals surface area contributed by atoms with E-state index in [1.165, 1.54) is 5.69 Å². The number of nitrogens with zero attached hydrogens (tertiary/aromatic N) is 3. The zero-order valence-electron chi connectivity index (χ0n) is 11.9. The first-order chi connectivity index (χ1) is 9.83. The topological polar surface area (TPSA) is 39.0 Å². The van der Waals surface area contributed by atoms with Crippen LogP contribution >= 0.6 is 0 Å². The van der Waals surface area contributed by atoms with Gasteiger partial charge in [0.25, 0.3) is 0 Å². The molecule has 3 heterocycles. The molecule has 0 radical (unpaired) electrons. The minimum absolute atomic E-state index is 0.244. The molecule has 0 aliphatic carbocycles. The van der Waals surface area contributed by atoms with Gasteiger partial charge in [-0.1, -0.05) is 6.07 Å². The van der Waals surface area contributed by atoms with Gasteiger partial charge in [0.05, 0.1) is 37.8 Å². The van der Waals surface area contributed by atoms with Gasteiger partial charge in [-0.05, 0) is 25.6 Å². The normalized spacial score (nSPS) is 19.8. The summed E-state index contributed by atoms with van der Waals surface area (Å²) in [7, 11) is 2.13. The minimum atomic E-state index is 0.244. The lowest BCUT2D eigenvalue weighted by Crippen LogP contribution is -2.32. The Morgan fingerprint density at radius 3 is 3.20 bits per heavy atom.